The van der Waals surface area contributed by atoms with Crippen LogP contribution in [0.25, 0.3) is 10.2 Å². The van der Waals surface area contributed by atoms with Gasteiger partial charge in [0.2, 0.25) is 5.91 Å². The largest absolute Gasteiger partial charge is 0.383 e. The van der Waals surface area contributed by atoms with Crippen LogP contribution >= 0.6 is 23.1 Å². The van der Waals surface area contributed by atoms with Gasteiger partial charge in [0, 0.05) is 18.5 Å². The van der Waals surface area contributed by atoms with Crippen molar-refractivity contribution in [3.8, 4) is 0 Å². The molecule has 0 unspecified atom stereocenters. The minimum atomic E-state index is -0.511. The fourth-order valence-corrected chi connectivity index (χ4v) is 5.41. The van der Waals surface area contributed by atoms with E-state index in [9.17, 15) is 14.4 Å². The highest BCUT2D eigenvalue weighted by atomic mass is 32.2. The summed E-state index contributed by atoms with van der Waals surface area (Å²) < 4.78 is 6.74. The second-order valence-corrected chi connectivity index (χ2v) is 8.85. The molecule has 8 nitrogen and oxygen atoms in total. The zero-order valence-electron chi connectivity index (χ0n) is 16.7. The van der Waals surface area contributed by atoms with E-state index in [-0.39, 0.29) is 11.3 Å². The number of hydrogen-bond donors (Lipinski definition) is 2. The normalized spacial score (nSPS) is 13.3. The smallest absolute Gasteiger partial charge is 0.321 e. The van der Waals surface area contributed by atoms with Gasteiger partial charge < -0.3 is 10.1 Å². The van der Waals surface area contributed by atoms with Crippen molar-refractivity contribution >= 4 is 45.3 Å². The standard InChI is InChI=1S/C19H26N4O4S2/c1-3-8-20-18(26)21-14(24)11-28-19-22-16-15(17(25)23(19)9-10-27-2)12-6-4-5-7-13(12)29-16/h3-11H2,1-2H3,(H2,20,21,24,26). The molecule has 0 fully saturated rings. The van der Waals surface area contributed by atoms with Crippen LogP contribution in [0.15, 0.2) is 9.95 Å². The van der Waals surface area contributed by atoms with Gasteiger partial charge in [-0.1, -0.05) is 18.7 Å². The maximum atomic E-state index is 13.2. The molecule has 0 saturated heterocycles. The third-order valence-corrected chi connectivity index (χ3v) is 6.84. The van der Waals surface area contributed by atoms with Crippen molar-refractivity contribution in [3.05, 3.63) is 20.8 Å². The number of thiophene rings is 1. The molecule has 0 spiro atoms. The predicted molar refractivity (Wildman–Crippen MR) is 115 cm³/mol. The number of aryl methyl sites for hydroxylation is 2. The Morgan fingerprint density at radius 2 is 2.10 bits per heavy atom. The molecule has 0 radical (unpaired) electrons. The number of imide groups is 1. The molecule has 10 heteroatoms. The van der Waals surface area contributed by atoms with Gasteiger partial charge in [-0.3, -0.25) is 19.5 Å². The second kappa shape index (κ2) is 10.2. The molecule has 158 valence electrons. The van der Waals surface area contributed by atoms with Gasteiger partial charge in [-0.2, -0.15) is 0 Å². The van der Waals surface area contributed by atoms with E-state index in [1.165, 1.54) is 4.88 Å². The zero-order valence-corrected chi connectivity index (χ0v) is 18.3. The van der Waals surface area contributed by atoms with Crippen molar-refractivity contribution in [1.29, 1.82) is 0 Å². The van der Waals surface area contributed by atoms with Gasteiger partial charge in [-0.25, -0.2) is 9.78 Å². The number of aromatic nitrogens is 2. The first-order valence-corrected chi connectivity index (χ1v) is 11.6. The lowest BCUT2D eigenvalue weighted by atomic mass is 9.97. The van der Waals surface area contributed by atoms with Gasteiger partial charge in [0.25, 0.3) is 5.56 Å². The lowest BCUT2D eigenvalue weighted by Crippen LogP contribution is -2.40. The quantitative estimate of drug-likeness (QED) is 0.484. The van der Waals surface area contributed by atoms with E-state index < -0.39 is 11.9 Å². The highest BCUT2D eigenvalue weighted by Gasteiger charge is 2.22. The number of urea groups is 1. The summed E-state index contributed by atoms with van der Waals surface area (Å²) in [6, 6.07) is -0.511. The summed E-state index contributed by atoms with van der Waals surface area (Å²) in [6.45, 7) is 3.17. The second-order valence-electron chi connectivity index (χ2n) is 6.83. The molecule has 0 bridgehead atoms. The molecule has 2 heterocycles. The molecule has 3 rings (SSSR count). The molecule has 0 saturated carbocycles. The van der Waals surface area contributed by atoms with Crippen molar-refractivity contribution in [2.75, 3.05) is 26.0 Å². The van der Waals surface area contributed by atoms with Crippen LogP contribution in [0.2, 0.25) is 0 Å². The third-order valence-electron chi connectivity index (χ3n) is 4.68. The number of fused-ring (bicyclic) bond motifs is 3. The molecule has 1 aliphatic rings. The lowest BCUT2D eigenvalue weighted by Gasteiger charge is -2.13. The van der Waals surface area contributed by atoms with Gasteiger partial charge in [-0.05, 0) is 37.7 Å². The zero-order chi connectivity index (χ0) is 20.8. The molecule has 29 heavy (non-hydrogen) atoms. The van der Waals surface area contributed by atoms with Crippen molar-refractivity contribution in [2.45, 2.75) is 50.7 Å². The number of ether oxygens (including phenoxy) is 1. The van der Waals surface area contributed by atoms with Gasteiger partial charge in [0.15, 0.2) is 5.16 Å². The topological polar surface area (TPSA) is 102 Å². The number of carbonyl (C=O) groups is 2. The van der Waals surface area contributed by atoms with Gasteiger partial charge in [0.05, 0.1) is 24.3 Å². The fourth-order valence-electron chi connectivity index (χ4n) is 3.29. The molecule has 1 aliphatic carbocycles. The van der Waals surface area contributed by atoms with Crippen LogP contribution in [-0.4, -0.2) is 47.5 Å². The first-order valence-electron chi connectivity index (χ1n) is 9.79. The summed E-state index contributed by atoms with van der Waals surface area (Å²) in [7, 11) is 1.58. The Morgan fingerprint density at radius 1 is 1.31 bits per heavy atom. The number of amides is 3. The summed E-state index contributed by atoms with van der Waals surface area (Å²) >= 11 is 2.74. The Bertz CT molecular complexity index is 954. The monoisotopic (exact) mass is 438 g/mol. The van der Waals surface area contributed by atoms with Crippen molar-refractivity contribution in [3.63, 3.8) is 0 Å². The molecule has 0 aliphatic heterocycles. The van der Waals surface area contributed by atoms with Crippen molar-refractivity contribution in [1.82, 2.24) is 20.2 Å². The number of nitrogens with one attached hydrogen (secondary N) is 2. The maximum Gasteiger partial charge on any atom is 0.321 e. The Kier molecular flexibility index (Phi) is 7.68. The molecule has 0 atom stereocenters. The summed E-state index contributed by atoms with van der Waals surface area (Å²) in [6.07, 6.45) is 4.92. The molecule has 0 aromatic carbocycles. The van der Waals surface area contributed by atoms with Gasteiger partial charge >= 0.3 is 6.03 Å². The minimum Gasteiger partial charge on any atom is -0.383 e. The SMILES string of the molecule is CCCNC(=O)NC(=O)CSc1nc2sc3c(c2c(=O)n1CCOC)CCCC3. The fraction of sp³-hybridized carbons (Fsp3) is 0.579. The Labute approximate surface area is 177 Å². The summed E-state index contributed by atoms with van der Waals surface area (Å²) in [4.78, 5) is 43.6. The van der Waals surface area contributed by atoms with E-state index in [1.54, 1.807) is 23.0 Å². The van der Waals surface area contributed by atoms with E-state index in [2.05, 4.69) is 10.6 Å². The van der Waals surface area contributed by atoms with Crippen LogP contribution in [-0.2, 0) is 28.9 Å². The highest BCUT2D eigenvalue weighted by molar-refractivity contribution is 7.99. The Morgan fingerprint density at radius 3 is 2.86 bits per heavy atom. The summed E-state index contributed by atoms with van der Waals surface area (Å²) in [5.74, 6) is -0.433. The average Bonchev–Trinajstić information content (AvgIpc) is 3.08. The van der Waals surface area contributed by atoms with E-state index in [0.29, 0.717) is 30.2 Å². The van der Waals surface area contributed by atoms with Crippen LogP contribution in [0, 0.1) is 0 Å². The van der Waals surface area contributed by atoms with Crippen LogP contribution in [0.1, 0.15) is 36.6 Å². The first kappa shape index (κ1) is 21.8. The number of hydrogen-bond acceptors (Lipinski definition) is 7. The molecule has 2 aromatic heterocycles. The van der Waals surface area contributed by atoms with Gasteiger partial charge in [0.1, 0.15) is 4.83 Å². The maximum absolute atomic E-state index is 13.2. The average molecular weight is 439 g/mol. The Hall–Kier alpha value is -1.91. The van der Waals surface area contributed by atoms with E-state index in [1.807, 2.05) is 6.92 Å². The van der Waals surface area contributed by atoms with E-state index in [0.717, 1.165) is 54.3 Å². The van der Waals surface area contributed by atoms with E-state index >= 15 is 0 Å². The predicted octanol–water partition coefficient (Wildman–Crippen LogP) is 2.31. The van der Waals surface area contributed by atoms with E-state index in [4.69, 9.17) is 9.72 Å². The molecule has 3 amide bonds. The lowest BCUT2D eigenvalue weighted by molar-refractivity contribution is -0.117. The van der Waals surface area contributed by atoms with Crippen LogP contribution < -0.4 is 16.2 Å². The minimum absolute atomic E-state index is 0.00440. The number of nitrogens with zero attached hydrogens (tertiary/aromatic N) is 2. The highest BCUT2D eigenvalue weighted by Crippen LogP contribution is 2.34. The number of rotatable bonds is 8. The van der Waals surface area contributed by atoms with Crippen LogP contribution in [0.3, 0.4) is 0 Å². The number of carbonyl (C=O) groups excluding carboxylic acids is 2. The van der Waals surface area contributed by atoms with Crippen molar-refractivity contribution in [2.24, 2.45) is 0 Å². The van der Waals surface area contributed by atoms with Crippen LogP contribution in [0.5, 0.6) is 0 Å². The number of methoxy groups -OCH3 is 1. The molecular weight excluding hydrogens is 412 g/mol. The van der Waals surface area contributed by atoms with Crippen molar-refractivity contribution < 1.29 is 14.3 Å². The summed E-state index contributed by atoms with van der Waals surface area (Å²) in [5.41, 5.74) is 1.07. The third kappa shape index (κ3) is 5.18. The molecule has 2 aromatic rings. The van der Waals surface area contributed by atoms with Gasteiger partial charge in [-0.15, -0.1) is 11.3 Å². The summed E-state index contributed by atoms with van der Waals surface area (Å²) in [5, 5.41) is 6.08. The number of thioether (sulfide) groups is 1. The first-order chi connectivity index (χ1) is 14.0. The Balaban J connectivity index is 1.83. The molecular formula is C19H26N4O4S2. The molecule has 2 N–H and O–H groups in total. The van der Waals surface area contributed by atoms with Crippen LogP contribution in [0.4, 0.5) is 4.79 Å².